The lowest BCUT2D eigenvalue weighted by atomic mass is 9.99. The minimum absolute atomic E-state index is 0.152. The molecule has 0 aromatic carbocycles. The van der Waals surface area contributed by atoms with Crippen molar-refractivity contribution >= 4 is 17.5 Å². The van der Waals surface area contributed by atoms with E-state index in [0.717, 1.165) is 12.8 Å². The van der Waals surface area contributed by atoms with E-state index in [1.165, 1.54) is 0 Å². The fourth-order valence-electron chi connectivity index (χ4n) is 1.14. The van der Waals surface area contributed by atoms with E-state index in [0.29, 0.717) is 18.0 Å². The molecular formula is C10H20O2S. The van der Waals surface area contributed by atoms with E-state index in [1.807, 2.05) is 20.8 Å². The van der Waals surface area contributed by atoms with Crippen LogP contribution < -0.4 is 0 Å². The SMILES string of the molecule is CCCC(=O)C(C)(CC)SCCO. The lowest BCUT2D eigenvalue weighted by molar-refractivity contribution is -0.121. The van der Waals surface area contributed by atoms with Crippen LogP contribution in [0, 0.1) is 0 Å². The molecule has 0 aliphatic carbocycles. The molecule has 2 nitrogen and oxygen atoms in total. The third-order valence-corrected chi connectivity index (χ3v) is 3.79. The maximum Gasteiger partial charge on any atom is 0.148 e. The van der Waals surface area contributed by atoms with Gasteiger partial charge >= 0.3 is 0 Å². The van der Waals surface area contributed by atoms with Gasteiger partial charge in [0.2, 0.25) is 0 Å². The van der Waals surface area contributed by atoms with Gasteiger partial charge in [-0.15, -0.1) is 11.8 Å². The first-order valence-electron chi connectivity index (χ1n) is 4.88. The van der Waals surface area contributed by atoms with Crippen molar-refractivity contribution < 1.29 is 9.90 Å². The van der Waals surface area contributed by atoms with Gasteiger partial charge < -0.3 is 5.11 Å². The number of aliphatic hydroxyl groups is 1. The molecule has 0 bridgehead atoms. The van der Waals surface area contributed by atoms with E-state index in [9.17, 15) is 4.79 Å². The lowest BCUT2D eigenvalue weighted by Crippen LogP contribution is -2.31. The van der Waals surface area contributed by atoms with Gasteiger partial charge in [-0.3, -0.25) is 4.79 Å². The highest BCUT2D eigenvalue weighted by atomic mass is 32.2. The van der Waals surface area contributed by atoms with Gasteiger partial charge in [-0.05, 0) is 19.8 Å². The Balaban J connectivity index is 4.16. The molecule has 0 radical (unpaired) electrons. The average Bonchev–Trinajstić information content (AvgIpc) is 2.14. The van der Waals surface area contributed by atoms with Crippen LogP contribution in [-0.4, -0.2) is 28.0 Å². The quantitative estimate of drug-likeness (QED) is 0.691. The molecule has 0 heterocycles. The van der Waals surface area contributed by atoms with E-state index in [4.69, 9.17) is 5.11 Å². The van der Waals surface area contributed by atoms with Gasteiger partial charge in [0.05, 0.1) is 11.4 Å². The average molecular weight is 204 g/mol. The number of hydrogen-bond donors (Lipinski definition) is 1. The summed E-state index contributed by atoms with van der Waals surface area (Å²) in [4.78, 5) is 11.7. The van der Waals surface area contributed by atoms with Crippen molar-refractivity contribution in [2.45, 2.75) is 44.8 Å². The molecular weight excluding hydrogens is 184 g/mol. The number of ketones is 1. The zero-order valence-corrected chi connectivity index (χ0v) is 9.62. The summed E-state index contributed by atoms with van der Waals surface area (Å²) >= 11 is 1.57. The first-order chi connectivity index (χ1) is 6.10. The summed E-state index contributed by atoms with van der Waals surface area (Å²) in [6.45, 7) is 6.17. The Morgan fingerprint density at radius 1 is 1.46 bits per heavy atom. The highest BCUT2D eigenvalue weighted by molar-refractivity contribution is 8.01. The summed E-state index contributed by atoms with van der Waals surface area (Å²) in [6.07, 6.45) is 2.41. The minimum atomic E-state index is -0.279. The number of Topliss-reactive ketones (excluding diaryl/α,β-unsaturated/α-hetero) is 1. The number of carbonyl (C=O) groups excluding carboxylic acids is 1. The molecule has 0 aromatic rings. The molecule has 1 atom stereocenters. The van der Waals surface area contributed by atoms with Gasteiger partial charge in [-0.1, -0.05) is 13.8 Å². The Morgan fingerprint density at radius 3 is 2.46 bits per heavy atom. The molecule has 0 amide bonds. The molecule has 0 spiro atoms. The molecule has 1 N–H and O–H groups in total. The molecule has 0 aromatic heterocycles. The van der Waals surface area contributed by atoms with Gasteiger partial charge in [0.15, 0.2) is 0 Å². The number of thioether (sulfide) groups is 1. The monoisotopic (exact) mass is 204 g/mol. The standard InChI is InChI=1S/C10H20O2S/c1-4-6-9(12)10(3,5-2)13-8-7-11/h11H,4-8H2,1-3H3. The van der Waals surface area contributed by atoms with E-state index < -0.39 is 0 Å². The molecule has 0 rings (SSSR count). The molecule has 0 aliphatic rings. The summed E-state index contributed by atoms with van der Waals surface area (Å²) in [5, 5.41) is 8.70. The third kappa shape index (κ3) is 4.14. The van der Waals surface area contributed by atoms with Crippen LogP contribution in [0.3, 0.4) is 0 Å². The molecule has 13 heavy (non-hydrogen) atoms. The first-order valence-corrected chi connectivity index (χ1v) is 5.87. The van der Waals surface area contributed by atoms with E-state index in [1.54, 1.807) is 11.8 Å². The summed E-state index contributed by atoms with van der Waals surface area (Å²) in [6, 6.07) is 0. The summed E-state index contributed by atoms with van der Waals surface area (Å²) in [7, 11) is 0. The third-order valence-electron chi connectivity index (χ3n) is 2.25. The topological polar surface area (TPSA) is 37.3 Å². The van der Waals surface area contributed by atoms with Crippen LogP contribution in [0.4, 0.5) is 0 Å². The van der Waals surface area contributed by atoms with Gasteiger partial charge in [0.1, 0.15) is 5.78 Å². The van der Waals surface area contributed by atoms with E-state index in [-0.39, 0.29) is 11.4 Å². The number of rotatable bonds is 7. The molecule has 1 unspecified atom stereocenters. The molecule has 0 saturated heterocycles. The Labute approximate surface area is 85.1 Å². The fraction of sp³-hybridized carbons (Fsp3) is 0.900. The Kier molecular flexibility index (Phi) is 6.43. The zero-order valence-electron chi connectivity index (χ0n) is 8.80. The summed E-state index contributed by atoms with van der Waals surface area (Å²) in [5.74, 6) is 0.968. The van der Waals surface area contributed by atoms with Gasteiger partial charge in [-0.2, -0.15) is 0 Å². The van der Waals surface area contributed by atoms with Crippen LogP contribution >= 0.6 is 11.8 Å². The normalized spacial score (nSPS) is 15.4. The highest BCUT2D eigenvalue weighted by Gasteiger charge is 2.29. The van der Waals surface area contributed by atoms with Crippen LogP contribution in [0.25, 0.3) is 0 Å². The van der Waals surface area contributed by atoms with Crippen LogP contribution in [-0.2, 0) is 4.79 Å². The number of hydrogen-bond acceptors (Lipinski definition) is 3. The largest absolute Gasteiger partial charge is 0.396 e. The molecule has 78 valence electrons. The maximum atomic E-state index is 11.7. The highest BCUT2D eigenvalue weighted by Crippen LogP contribution is 2.30. The van der Waals surface area contributed by atoms with Crippen LogP contribution in [0.2, 0.25) is 0 Å². The second-order valence-electron chi connectivity index (χ2n) is 3.33. The predicted molar refractivity (Wildman–Crippen MR) is 58.2 cm³/mol. The van der Waals surface area contributed by atoms with Crippen molar-refractivity contribution in [3.8, 4) is 0 Å². The summed E-state index contributed by atoms with van der Waals surface area (Å²) < 4.78 is -0.279. The molecule has 0 fully saturated rings. The Morgan fingerprint density at radius 2 is 2.08 bits per heavy atom. The predicted octanol–water partition coefficient (Wildman–Crippen LogP) is 2.25. The van der Waals surface area contributed by atoms with Gasteiger partial charge in [0.25, 0.3) is 0 Å². The van der Waals surface area contributed by atoms with Crippen LogP contribution in [0.15, 0.2) is 0 Å². The second-order valence-corrected chi connectivity index (χ2v) is 4.93. The van der Waals surface area contributed by atoms with Crippen molar-refractivity contribution in [2.24, 2.45) is 0 Å². The first kappa shape index (κ1) is 13.0. The van der Waals surface area contributed by atoms with Crippen LogP contribution in [0.5, 0.6) is 0 Å². The lowest BCUT2D eigenvalue weighted by Gasteiger charge is -2.25. The Hall–Kier alpha value is -0.0200. The Bertz CT molecular complexity index is 159. The van der Waals surface area contributed by atoms with Crippen molar-refractivity contribution in [3.63, 3.8) is 0 Å². The van der Waals surface area contributed by atoms with Crippen molar-refractivity contribution in [2.75, 3.05) is 12.4 Å². The van der Waals surface area contributed by atoms with Gasteiger partial charge in [-0.25, -0.2) is 0 Å². The van der Waals surface area contributed by atoms with E-state index in [2.05, 4.69) is 0 Å². The molecule has 3 heteroatoms. The number of aliphatic hydroxyl groups excluding tert-OH is 1. The van der Waals surface area contributed by atoms with E-state index >= 15 is 0 Å². The minimum Gasteiger partial charge on any atom is -0.396 e. The van der Waals surface area contributed by atoms with Crippen molar-refractivity contribution in [1.29, 1.82) is 0 Å². The second kappa shape index (κ2) is 6.44. The summed E-state index contributed by atoms with van der Waals surface area (Å²) in [5.41, 5.74) is 0. The van der Waals surface area contributed by atoms with Crippen LogP contribution in [0.1, 0.15) is 40.0 Å². The van der Waals surface area contributed by atoms with Crippen molar-refractivity contribution in [3.05, 3.63) is 0 Å². The van der Waals surface area contributed by atoms with Gasteiger partial charge in [0, 0.05) is 12.2 Å². The zero-order chi connectivity index (χ0) is 10.3. The fourth-order valence-corrected chi connectivity index (χ4v) is 2.15. The smallest absolute Gasteiger partial charge is 0.148 e. The molecule has 0 aliphatic heterocycles. The number of carbonyl (C=O) groups is 1. The van der Waals surface area contributed by atoms with Crippen molar-refractivity contribution in [1.82, 2.24) is 0 Å². The molecule has 0 saturated carbocycles. The maximum absolute atomic E-state index is 11.7.